The Kier molecular flexibility index (Phi) is 39.2. The van der Waals surface area contributed by atoms with Crippen molar-refractivity contribution >= 4 is 0 Å². The van der Waals surface area contributed by atoms with Gasteiger partial charge in [0.25, 0.3) is 0 Å². The number of unbranched alkanes of at least 4 members (excludes halogenated alkanes) is 5. The monoisotopic (exact) mass is 1240 g/mol. The summed E-state index contributed by atoms with van der Waals surface area (Å²) in [5.41, 5.74) is 19.6. The predicted octanol–water partition coefficient (Wildman–Crippen LogP) is 28.5. The van der Waals surface area contributed by atoms with E-state index in [1.54, 1.807) is 6.42 Å². The summed E-state index contributed by atoms with van der Waals surface area (Å²) in [7, 11) is 0. The lowest BCUT2D eigenvalue weighted by molar-refractivity contribution is 0.0581. The molecule has 0 heteroatoms. The molecule has 3 saturated carbocycles. The molecule has 0 aliphatic heterocycles. The van der Waals surface area contributed by atoms with Gasteiger partial charge in [-0.25, -0.2) is 0 Å². The van der Waals surface area contributed by atoms with Gasteiger partial charge in [-0.2, -0.15) is 0 Å². The molecule has 0 amide bonds. The number of aryl methyl sites for hydroxylation is 9. The second-order valence-electron chi connectivity index (χ2n) is 32.4. The highest BCUT2D eigenvalue weighted by Gasteiger charge is 2.38. The van der Waals surface area contributed by atoms with Crippen molar-refractivity contribution in [2.45, 2.75) is 318 Å². The van der Waals surface area contributed by atoms with Crippen LogP contribution in [0.25, 0.3) is 0 Å². The van der Waals surface area contributed by atoms with E-state index in [1.807, 2.05) is 0 Å². The molecule has 508 valence electrons. The van der Waals surface area contributed by atoms with Crippen LogP contribution in [0.15, 0.2) is 140 Å². The zero-order chi connectivity index (χ0) is 68.2. The minimum absolute atomic E-state index is 0.251. The molecule has 91 heavy (non-hydrogen) atoms. The number of hydrogen-bond acceptors (Lipinski definition) is 0. The van der Waals surface area contributed by atoms with Crippen LogP contribution in [0.5, 0.6) is 0 Å². The Morgan fingerprint density at radius 1 is 0.374 bits per heavy atom. The zero-order valence-corrected chi connectivity index (χ0v) is 64.2. The maximum atomic E-state index is 2.46. The van der Waals surface area contributed by atoms with Crippen molar-refractivity contribution < 1.29 is 0 Å². The Labute approximate surface area is 567 Å². The first-order valence-corrected chi connectivity index (χ1v) is 37.2. The van der Waals surface area contributed by atoms with Crippen LogP contribution in [0.2, 0.25) is 0 Å². The Morgan fingerprint density at radius 3 is 1.08 bits per heavy atom. The van der Waals surface area contributed by atoms with Crippen LogP contribution in [0.4, 0.5) is 0 Å². The van der Waals surface area contributed by atoms with Crippen LogP contribution in [0.1, 0.15) is 312 Å². The summed E-state index contributed by atoms with van der Waals surface area (Å²) in [6.07, 6.45) is 31.2. The SMILES string of the molecule is CC(C)(C)c1cccc(C(C)(C)C)c1.CC1CCC(CC2CCC(C)CC2)CC1.CCC1(C)CC(C)CC(C)(C)C1.CCCCCCCC.CCc1cccc(CC)c1.Cc1ccc(C)c(C)c1.Cc1ccc(C)cc1.Cc1ccc(Cc2ccc(C)cc2)cc1. The van der Waals surface area contributed by atoms with E-state index in [9.17, 15) is 0 Å². The summed E-state index contributed by atoms with van der Waals surface area (Å²) >= 11 is 0. The zero-order valence-electron chi connectivity index (χ0n) is 64.2. The van der Waals surface area contributed by atoms with Gasteiger partial charge in [0.1, 0.15) is 0 Å². The van der Waals surface area contributed by atoms with Gasteiger partial charge in [-0.3, -0.25) is 0 Å². The highest BCUT2D eigenvalue weighted by Crippen LogP contribution is 2.50. The lowest BCUT2D eigenvalue weighted by atomic mass is 9.60. The van der Waals surface area contributed by atoms with E-state index in [4.69, 9.17) is 0 Å². The first-order valence-electron chi connectivity index (χ1n) is 37.2. The Hall–Kier alpha value is -4.68. The average Bonchev–Trinajstić information content (AvgIpc) is 1.10. The second kappa shape index (κ2) is 43.3. The van der Waals surface area contributed by atoms with Gasteiger partial charge in [-0.15, -0.1) is 0 Å². The summed E-state index contributed by atoms with van der Waals surface area (Å²) in [4.78, 5) is 0. The fraction of sp³-hybridized carbons (Fsp3) is 0.604. The van der Waals surface area contributed by atoms with Gasteiger partial charge < -0.3 is 0 Å². The Bertz CT molecular complexity index is 2630. The van der Waals surface area contributed by atoms with Crippen molar-refractivity contribution in [1.29, 1.82) is 0 Å². The van der Waals surface area contributed by atoms with Crippen LogP contribution in [-0.2, 0) is 30.1 Å². The van der Waals surface area contributed by atoms with Crippen molar-refractivity contribution in [2.24, 2.45) is 40.4 Å². The van der Waals surface area contributed by atoms with Crippen molar-refractivity contribution in [3.8, 4) is 0 Å². The number of hydrogen-bond donors (Lipinski definition) is 0. The largest absolute Gasteiger partial charge is 0.0654 e. The van der Waals surface area contributed by atoms with Crippen LogP contribution >= 0.6 is 0 Å². The fourth-order valence-electron chi connectivity index (χ4n) is 13.6. The van der Waals surface area contributed by atoms with Gasteiger partial charge in [0.05, 0.1) is 0 Å². The van der Waals surface area contributed by atoms with E-state index in [2.05, 4.69) is 306 Å². The van der Waals surface area contributed by atoms with Gasteiger partial charge >= 0.3 is 0 Å². The minimum Gasteiger partial charge on any atom is -0.0654 e. The second-order valence-corrected chi connectivity index (χ2v) is 32.4. The Balaban J connectivity index is 0.000000358. The first-order chi connectivity index (χ1) is 42.8. The van der Waals surface area contributed by atoms with Crippen molar-refractivity contribution in [2.75, 3.05) is 0 Å². The van der Waals surface area contributed by atoms with E-state index in [1.165, 1.54) is 188 Å². The van der Waals surface area contributed by atoms with Crippen LogP contribution in [-0.4, -0.2) is 0 Å². The highest BCUT2D eigenvalue weighted by molar-refractivity contribution is 5.33. The maximum absolute atomic E-state index is 2.46. The van der Waals surface area contributed by atoms with Gasteiger partial charge in [0.2, 0.25) is 0 Å². The molecule has 0 bridgehead atoms. The predicted molar refractivity (Wildman–Crippen MR) is 412 cm³/mol. The topological polar surface area (TPSA) is 0 Å². The molecule has 3 fully saturated rings. The van der Waals surface area contributed by atoms with Crippen molar-refractivity contribution in [1.82, 2.24) is 0 Å². The number of benzene rings is 6. The molecular formula is C91H144. The number of rotatable bonds is 12. The van der Waals surface area contributed by atoms with Crippen LogP contribution in [0, 0.1) is 88.9 Å². The molecule has 6 aromatic rings. The molecule has 0 spiro atoms. The van der Waals surface area contributed by atoms with Crippen molar-refractivity contribution in [3.63, 3.8) is 0 Å². The maximum Gasteiger partial charge on any atom is -0.00258 e. The quantitative estimate of drug-likeness (QED) is 0.107. The average molecular weight is 1240 g/mol. The van der Waals surface area contributed by atoms with Crippen LogP contribution in [0.3, 0.4) is 0 Å². The molecule has 9 rings (SSSR count). The summed E-state index contributed by atoms with van der Waals surface area (Å²) in [6, 6.07) is 50.2. The lowest BCUT2D eigenvalue weighted by Crippen LogP contribution is -2.34. The summed E-state index contributed by atoms with van der Waals surface area (Å²) < 4.78 is 0. The summed E-state index contributed by atoms with van der Waals surface area (Å²) in [5.74, 6) is 5.16. The molecule has 3 aliphatic rings. The molecule has 0 N–H and O–H groups in total. The summed E-state index contributed by atoms with van der Waals surface area (Å²) in [6.45, 7) is 54.2. The smallest absolute Gasteiger partial charge is 0.00258 e. The minimum atomic E-state index is 0.251. The normalized spacial score (nSPS) is 19.9. The molecule has 0 saturated heterocycles. The van der Waals surface area contributed by atoms with E-state index in [0.717, 1.165) is 48.9 Å². The Morgan fingerprint density at radius 2 is 0.747 bits per heavy atom. The third-order valence-corrected chi connectivity index (χ3v) is 19.8. The van der Waals surface area contributed by atoms with Gasteiger partial charge in [-0.1, -0.05) is 381 Å². The van der Waals surface area contributed by atoms with Crippen LogP contribution < -0.4 is 0 Å². The molecule has 2 unspecified atom stereocenters. The van der Waals surface area contributed by atoms with E-state index in [-0.39, 0.29) is 10.8 Å². The molecule has 2 atom stereocenters. The molecular weight excluding hydrogens is 1090 g/mol. The van der Waals surface area contributed by atoms with Gasteiger partial charge in [-0.05, 0) is 189 Å². The molecule has 0 heterocycles. The van der Waals surface area contributed by atoms with Crippen molar-refractivity contribution in [3.05, 3.63) is 212 Å². The molecule has 3 aliphatic carbocycles. The third kappa shape index (κ3) is 37.1. The van der Waals surface area contributed by atoms with E-state index in [0.29, 0.717) is 10.8 Å². The van der Waals surface area contributed by atoms with E-state index >= 15 is 0 Å². The van der Waals surface area contributed by atoms with Gasteiger partial charge in [0.15, 0.2) is 0 Å². The molecule has 0 nitrogen and oxygen atoms in total. The molecule has 0 aromatic heterocycles. The first kappa shape index (κ1) is 82.4. The standard InChI is InChI=1S/C15H28.C15H16.C14H22.C12H24.C10H14.C9H12.C8H10.C8H18/c2*1-12-3-7-14(8-4-12)11-15-9-5-13(2)6-10-15;1-13(2,3)11-8-7-9-12(10-11)14(4,5)6;1-6-12(5)8-10(2)7-11(3,4)9-12;1-3-9-6-5-7-10(4-2)8-9;1-7-4-5-8(2)9(3)6-7;1-7-3-5-8(2)6-4-7;1-3-5-7-8-6-4-2/h12-15H,3-11H2,1-2H3;3-10H,11H2,1-2H3;7-10H,1-6H3;10H,6-9H2,1-5H3;5-8H,3-4H2,1-2H3;4-6H,1-3H3;3-6H,1-2H3;3-8H2,1-2H3. The van der Waals surface area contributed by atoms with Gasteiger partial charge in [0, 0.05) is 0 Å². The highest BCUT2D eigenvalue weighted by atomic mass is 14.4. The third-order valence-electron chi connectivity index (χ3n) is 19.8. The molecule has 0 radical (unpaired) electrons. The fourth-order valence-corrected chi connectivity index (χ4v) is 13.6. The molecule has 6 aromatic carbocycles. The summed E-state index contributed by atoms with van der Waals surface area (Å²) in [5, 5.41) is 0. The lowest BCUT2D eigenvalue weighted by Gasteiger charge is -2.45. The van der Waals surface area contributed by atoms with E-state index < -0.39 is 0 Å².